The van der Waals surface area contributed by atoms with E-state index in [4.69, 9.17) is 10.5 Å². The number of ether oxygens (including phenoxy) is 1. The fourth-order valence-corrected chi connectivity index (χ4v) is 3.01. The van der Waals surface area contributed by atoms with Gasteiger partial charge < -0.3 is 10.5 Å². The average Bonchev–Trinajstić information content (AvgIpc) is 3.24. The summed E-state index contributed by atoms with van der Waals surface area (Å²) in [6, 6.07) is 7.85. The molecule has 0 aliphatic heterocycles. The molecule has 0 saturated carbocycles. The van der Waals surface area contributed by atoms with Crippen LogP contribution in [0.4, 0.5) is 5.82 Å². The lowest BCUT2D eigenvalue weighted by atomic mass is 10.2. The summed E-state index contributed by atoms with van der Waals surface area (Å²) >= 11 is 1.47. The molecule has 0 fully saturated rings. The van der Waals surface area contributed by atoms with Crippen molar-refractivity contribution < 1.29 is 4.74 Å². The highest BCUT2D eigenvalue weighted by Crippen LogP contribution is 2.24. The highest BCUT2D eigenvalue weighted by atomic mass is 32.1. The van der Waals surface area contributed by atoms with E-state index in [0.29, 0.717) is 23.8 Å². The number of fused-ring (bicyclic) bond motifs is 1. The van der Waals surface area contributed by atoms with Gasteiger partial charge in [0.05, 0.1) is 19.0 Å². The molecule has 0 aliphatic rings. The number of hydrogen-bond acceptors (Lipinski definition) is 7. The summed E-state index contributed by atoms with van der Waals surface area (Å²) in [5.41, 5.74) is 7.71. The maximum Gasteiger partial charge on any atom is 0.192 e. The summed E-state index contributed by atoms with van der Waals surface area (Å²) in [5, 5.41) is 7.85. The lowest BCUT2D eigenvalue weighted by molar-refractivity contribution is 0.414. The van der Waals surface area contributed by atoms with Crippen molar-refractivity contribution in [3.05, 3.63) is 47.6 Å². The van der Waals surface area contributed by atoms with Crippen molar-refractivity contribution in [2.75, 3.05) is 12.8 Å². The normalized spacial score (nSPS) is 11.0. The zero-order chi connectivity index (χ0) is 16.5. The summed E-state index contributed by atoms with van der Waals surface area (Å²) in [6.45, 7) is 0.597. The molecule has 0 bridgehead atoms. The van der Waals surface area contributed by atoms with E-state index in [0.717, 1.165) is 21.7 Å². The van der Waals surface area contributed by atoms with Crippen LogP contribution in [0.5, 0.6) is 5.75 Å². The van der Waals surface area contributed by atoms with Crippen LogP contribution in [-0.2, 0) is 6.54 Å². The number of nitrogens with zero attached hydrogens (tertiary/aromatic N) is 5. The molecule has 0 amide bonds. The van der Waals surface area contributed by atoms with Gasteiger partial charge in [0.2, 0.25) is 0 Å². The number of thiazole rings is 1. The smallest absolute Gasteiger partial charge is 0.192 e. The summed E-state index contributed by atoms with van der Waals surface area (Å²) < 4.78 is 7.05. The molecule has 120 valence electrons. The molecular weight excluding hydrogens is 324 g/mol. The van der Waals surface area contributed by atoms with Gasteiger partial charge in [0.1, 0.15) is 11.6 Å². The number of nitrogens with two attached hydrogens (primary N) is 1. The second kappa shape index (κ2) is 5.89. The quantitative estimate of drug-likeness (QED) is 0.615. The number of benzene rings is 1. The van der Waals surface area contributed by atoms with Crippen LogP contribution in [0.3, 0.4) is 0 Å². The summed E-state index contributed by atoms with van der Waals surface area (Å²) in [7, 11) is 1.65. The van der Waals surface area contributed by atoms with Crippen LogP contribution in [0.2, 0.25) is 0 Å². The molecule has 0 atom stereocenters. The Labute approximate surface area is 141 Å². The molecule has 0 spiro atoms. The highest BCUT2D eigenvalue weighted by Gasteiger charge is 2.12. The van der Waals surface area contributed by atoms with E-state index in [1.54, 1.807) is 18.0 Å². The molecule has 2 N–H and O–H groups in total. The average molecular weight is 338 g/mol. The lowest BCUT2D eigenvalue weighted by Gasteiger charge is -2.04. The standard InChI is InChI=1S/C16H14N6OS/c1-23-11-4-2-3-10(7-11)8-22-9-12-13(17)19-15(20-14(12)21-22)16-18-5-6-24-16/h2-7,9H,8H2,1H3,(H2,17,19,20,21). The van der Waals surface area contributed by atoms with Crippen LogP contribution in [0.25, 0.3) is 21.9 Å². The Morgan fingerprint density at radius 2 is 2.21 bits per heavy atom. The van der Waals surface area contributed by atoms with Gasteiger partial charge in [-0.3, -0.25) is 4.68 Å². The number of hydrogen-bond donors (Lipinski definition) is 1. The Morgan fingerprint density at radius 1 is 1.29 bits per heavy atom. The first-order valence-electron chi connectivity index (χ1n) is 7.26. The van der Waals surface area contributed by atoms with Gasteiger partial charge in [0.25, 0.3) is 0 Å². The first-order valence-corrected chi connectivity index (χ1v) is 8.14. The van der Waals surface area contributed by atoms with Gasteiger partial charge in [-0.15, -0.1) is 11.3 Å². The number of aromatic nitrogens is 5. The zero-order valence-corrected chi connectivity index (χ0v) is 13.7. The minimum absolute atomic E-state index is 0.405. The predicted octanol–water partition coefficient (Wildman–Crippen LogP) is 2.59. The van der Waals surface area contributed by atoms with Gasteiger partial charge in [0.15, 0.2) is 16.5 Å². The Kier molecular flexibility index (Phi) is 3.58. The maximum atomic E-state index is 6.07. The van der Waals surface area contributed by atoms with E-state index in [-0.39, 0.29) is 0 Å². The van der Waals surface area contributed by atoms with Gasteiger partial charge in [-0.25, -0.2) is 15.0 Å². The molecule has 0 unspecified atom stereocenters. The van der Waals surface area contributed by atoms with Crippen LogP contribution in [-0.4, -0.2) is 31.8 Å². The van der Waals surface area contributed by atoms with Crippen LogP contribution in [0, 0.1) is 0 Å². The Morgan fingerprint density at radius 3 is 3.00 bits per heavy atom. The minimum atomic E-state index is 0.405. The van der Waals surface area contributed by atoms with Gasteiger partial charge in [-0.1, -0.05) is 12.1 Å². The molecule has 4 rings (SSSR count). The Hall–Kier alpha value is -3.00. The molecule has 0 aliphatic carbocycles. The van der Waals surface area contributed by atoms with Crippen molar-refractivity contribution in [3.8, 4) is 16.6 Å². The molecule has 3 aromatic heterocycles. The third-order valence-corrected chi connectivity index (χ3v) is 4.33. The zero-order valence-electron chi connectivity index (χ0n) is 12.9. The number of nitrogen functional groups attached to an aromatic ring is 1. The summed E-state index contributed by atoms with van der Waals surface area (Å²) in [4.78, 5) is 13.0. The second-order valence-electron chi connectivity index (χ2n) is 5.19. The van der Waals surface area contributed by atoms with E-state index < -0.39 is 0 Å². The first kappa shape index (κ1) is 14.6. The number of anilines is 1. The summed E-state index contributed by atoms with van der Waals surface area (Å²) in [5.74, 6) is 1.72. The molecule has 1 aromatic carbocycles. The lowest BCUT2D eigenvalue weighted by Crippen LogP contribution is -2.00. The van der Waals surface area contributed by atoms with Gasteiger partial charge in [-0.2, -0.15) is 5.10 Å². The van der Waals surface area contributed by atoms with Crippen LogP contribution in [0.15, 0.2) is 42.0 Å². The largest absolute Gasteiger partial charge is 0.497 e. The van der Waals surface area contributed by atoms with Crippen molar-refractivity contribution in [3.63, 3.8) is 0 Å². The fraction of sp³-hybridized carbons (Fsp3) is 0.125. The van der Waals surface area contributed by atoms with E-state index in [9.17, 15) is 0 Å². The predicted molar refractivity (Wildman–Crippen MR) is 92.9 cm³/mol. The van der Waals surface area contributed by atoms with Gasteiger partial charge in [0, 0.05) is 17.8 Å². The molecule has 0 saturated heterocycles. The minimum Gasteiger partial charge on any atom is -0.497 e. The molecule has 0 radical (unpaired) electrons. The molecule has 3 heterocycles. The van der Waals surface area contributed by atoms with Crippen molar-refractivity contribution >= 4 is 28.2 Å². The van der Waals surface area contributed by atoms with Crippen molar-refractivity contribution in [1.82, 2.24) is 24.7 Å². The van der Waals surface area contributed by atoms with Crippen LogP contribution in [0.1, 0.15) is 5.56 Å². The molecule has 24 heavy (non-hydrogen) atoms. The fourth-order valence-electron chi connectivity index (χ4n) is 2.44. The molecular formula is C16H14N6OS. The van der Waals surface area contributed by atoms with E-state index in [2.05, 4.69) is 20.1 Å². The third-order valence-electron chi connectivity index (χ3n) is 3.56. The van der Waals surface area contributed by atoms with Crippen molar-refractivity contribution in [2.24, 2.45) is 0 Å². The highest BCUT2D eigenvalue weighted by molar-refractivity contribution is 7.13. The molecule has 8 heteroatoms. The van der Waals surface area contributed by atoms with E-state index in [1.165, 1.54) is 11.3 Å². The number of methoxy groups -OCH3 is 1. The van der Waals surface area contributed by atoms with Crippen LogP contribution < -0.4 is 10.5 Å². The van der Waals surface area contributed by atoms with E-state index in [1.807, 2.05) is 35.8 Å². The van der Waals surface area contributed by atoms with Crippen molar-refractivity contribution in [1.29, 1.82) is 0 Å². The maximum absolute atomic E-state index is 6.07. The van der Waals surface area contributed by atoms with Gasteiger partial charge >= 0.3 is 0 Å². The Balaban J connectivity index is 1.71. The van der Waals surface area contributed by atoms with Crippen LogP contribution >= 0.6 is 11.3 Å². The third kappa shape index (κ3) is 2.67. The topological polar surface area (TPSA) is 91.7 Å². The first-order chi connectivity index (χ1) is 11.7. The number of rotatable bonds is 4. The Bertz CT molecular complexity index is 995. The monoisotopic (exact) mass is 338 g/mol. The second-order valence-corrected chi connectivity index (χ2v) is 6.08. The molecule has 7 nitrogen and oxygen atoms in total. The summed E-state index contributed by atoms with van der Waals surface area (Å²) in [6.07, 6.45) is 3.57. The SMILES string of the molecule is COc1cccc(Cn2cc3c(N)nc(-c4nccs4)nc3n2)c1. The van der Waals surface area contributed by atoms with Gasteiger partial charge in [-0.05, 0) is 17.7 Å². The van der Waals surface area contributed by atoms with E-state index >= 15 is 0 Å². The molecule has 4 aromatic rings. The van der Waals surface area contributed by atoms with Crippen molar-refractivity contribution in [2.45, 2.75) is 6.54 Å².